The molecule has 4 heterocycles. The zero-order valence-corrected chi connectivity index (χ0v) is 21.7. The minimum atomic E-state index is -0.726. The van der Waals surface area contributed by atoms with Gasteiger partial charge in [0.2, 0.25) is 5.82 Å². The summed E-state index contributed by atoms with van der Waals surface area (Å²) in [4.78, 5) is 36.4. The third-order valence-electron chi connectivity index (χ3n) is 6.80. The molecule has 0 saturated heterocycles. The van der Waals surface area contributed by atoms with Crippen molar-refractivity contribution in [2.24, 2.45) is 0 Å². The zero-order chi connectivity index (χ0) is 26.6. The number of H-pyrrole nitrogens is 1. The molecule has 10 heteroatoms. The van der Waals surface area contributed by atoms with Crippen LogP contribution in [0.1, 0.15) is 47.4 Å². The molecule has 1 aliphatic rings. The second-order valence-corrected chi connectivity index (χ2v) is 9.87. The van der Waals surface area contributed by atoms with E-state index in [-0.39, 0.29) is 22.1 Å². The first-order chi connectivity index (χ1) is 18.3. The number of fused-ring (bicyclic) bond motifs is 2. The summed E-state index contributed by atoms with van der Waals surface area (Å²) in [5, 5.41) is 4.38. The number of pyridine rings is 2. The molecule has 0 bridgehead atoms. The molecule has 38 heavy (non-hydrogen) atoms. The van der Waals surface area contributed by atoms with Crippen LogP contribution in [-0.4, -0.2) is 20.1 Å². The fourth-order valence-electron chi connectivity index (χ4n) is 4.97. The molecule has 0 radical (unpaired) electrons. The number of rotatable bonds is 5. The predicted octanol–water partition coefficient (Wildman–Crippen LogP) is 5.49. The summed E-state index contributed by atoms with van der Waals surface area (Å²) < 4.78 is 17.4. The van der Waals surface area contributed by atoms with Gasteiger partial charge in [-0.3, -0.25) is 19.3 Å². The van der Waals surface area contributed by atoms with Crippen LogP contribution in [0.2, 0.25) is 5.15 Å². The Bertz CT molecular complexity index is 1840. The number of benzene rings is 1. The summed E-state index contributed by atoms with van der Waals surface area (Å²) in [6, 6.07) is 9.03. The number of aromatic nitrogens is 4. The van der Waals surface area contributed by atoms with Crippen molar-refractivity contribution in [2.45, 2.75) is 46.1 Å². The molecule has 1 aromatic carbocycles. The predicted molar refractivity (Wildman–Crippen MR) is 142 cm³/mol. The van der Waals surface area contributed by atoms with Crippen LogP contribution in [0.5, 0.6) is 5.75 Å². The van der Waals surface area contributed by atoms with Crippen LogP contribution >= 0.6 is 11.6 Å². The number of halogens is 1. The molecule has 1 atom stereocenters. The van der Waals surface area contributed by atoms with E-state index in [4.69, 9.17) is 20.8 Å². The van der Waals surface area contributed by atoms with Crippen molar-refractivity contribution in [3.63, 3.8) is 0 Å². The van der Waals surface area contributed by atoms with Crippen LogP contribution in [0.4, 0.5) is 0 Å². The highest BCUT2D eigenvalue weighted by atomic mass is 35.5. The minimum Gasteiger partial charge on any atom is -0.483 e. The molecule has 0 amide bonds. The van der Waals surface area contributed by atoms with E-state index in [1.54, 1.807) is 25.3 Å². The minimum absolute atomic E-state index is 0.0855. The summed E-state index contributed by atoms with van der Waals surface area (Å²) in [5.41, 5.74) is 5.73. The summed E-state index contributed by atoms with van der Waals surface area (Å²) in [6.07, 6.45) is 4.22. The maximum absolute atomic E-state index is 13.5. The maximum atomic E-state index is 13.5. The quantitative estimate of drug-likeness (QED) is 0.296. The van der Waals surface area contributed by atoms with E-state index in [1.807, 2.05) is 26.0 Å². The van der Waals surface area contributed by atoms with Gasteiger partial charge in [0.25, 0.3) is 0 Å². The highest BCUT2D eigenvalue weighted by Gasteiger charge is 2.23. The summed E-state index contributed by atoms with van der Waals surface area (Å²) >= 11 is 6.10. The van der Waals surface area contributed by atoms with E-state index < -0.39 is 11.9 Å². The Morgan fingerprint density at radius 3 is 2.76 bits per heavy atom. The molecule has 9 nitrogen and oxygen atoms in total. The lowest BCUT2D eigenvalue weighted by Crippen LogP contribution is -2.12. The van der Waals surface area contributed by atoms with E-state index in [9.17, 15) is 9.59 Å². The van der Waals surface area contributed by atoms with Gasteiger partial charge in [0, 0.05) is 28.6 Å². The van der Waals surface area contributed by atoms with Gasteiger partial charge in [0.05, 0.1) is 5.39 Å². The number of nitrogens with zero attached hydrogens (tertiary/aromatic N) is 3. The van der Waals surface area contributed by atoms with Crippen LogP contribution in [0, 0.1) is 13.8 Å². The number of aromatic amines is 1. The van der Waals surface area contributed by atoms with Crippen molar-refractivity contribution in [3.8, 4) is 28.6 Å². The van der Waals surface area contributed by atoms with E-state index >= 15 is 0 Å². The van der Waals surface area contributed by atoms with E-state index in [0.717, 1.165) is 36.1 Å². The molecule has 1 N–H and O–H groups in total. The lowest BCUT2D eigenvalue weighted by Gasteiger charge is -2.19. The molecule has 0 saturated carbocycles. The van der Waals surface area contributed by atoms with Gasteiger partial charge in [-0.15, -0.1) is 0 Å². The molecular formula is C28H23ClN4O5. The lowest BCUT2D eigenvalue weighted by atomic mass is 10.00. The van der Waals surface area contributed by atoms with Crippen molar-refractivity contribution in [3.05, 3.63) is 90.4 Å². The fraction of sp³-hybridized carbons (Fsp3) is 0.250. The highest BCUT2D eigenvalue weighted by molar-refractivity contribution is 6.29. The first kappa shape index (κ1) is 24.1. The van der Waals surface area contributed by atoms with Crippen molar-refractivity contribution in [1.82, 2.24) is 20.1 Å². The Kier molecular flexibility index (Phi) is 5.87. The van der Waals surface area contributed by atoms with E-state index in [0.29, 0.717) is 33.6 Å². The Hall–Kier alpha value is -4.24. The van der Waals surface area contributed by atoms with Crippen LogP contribution in [0.15, 0.2) is 55.1 Å². The molecule has 192 valence electrons. The van der Waals surface area contributed by atoms with Crippen LogP contribution in [0.3, 0.4) is 0 Å². The molecular weight excluding hydrogens is 508 g/mol. The normalized spacial score (nSPS) is 13.6. The SMILES string of the molecule is Cc1cc([C@@H](C)Oc2ccc(Cl)nc2-c2noc(=O)[nH]2)c2oc(-c3cnc4c(c3)CCC4)c(C)c(=O)c2c1. The topological polar surface area (TPSA) is 124 Å². The second kappa shape index (κ2) is 9.25. The largest absolute Gasteiger partial charge is 0.483 e. The van der Waals surface area contributed by atoms with Gasteiger partial charge in [-0.2, -0.15) is 0 Å². The van der Waals surface area contributed by atoms with Crippen LogP contribution < -0.4 is 15.9 Å². The molecule has 0 unspecified atom stereocenters. The van der Waals surface area contributed by atoms with Crippen LogP contribution in [0.25, 0.3) is 33.8 Å². The Morgan fingerprint density at radius 2 is 1.97 bits per heavy atom. The monoisotopic (exact) mass is 530 g/mol. The lowest BCUT2D eigenvalue weighted by molar-refractivity contribution is 0.227. The van der Waals surface area contributed by atoms with Gasteiger partial charge in [-0.25, -0.2) is 9.78 Å². The third kappa shape index (κ3) is 4.18. The van der Waals surface area contributed by atoms with Gasteiger partial charge < -0.3 is 9.15 Å². The second-order valence-electron chi connectivity index (χ2n) is 9.48. The van der Waals surface area contributed by atoms with Crippen LogP contribution in [-0.2, 0) is 12.8 Å². The van der Waals surface area contributed by atoms with E-state index in [1.165, 1.54) is 5.56 Å². The number of nitrogens with one attached hydrogen (secondary N) is 1. The molecule has 5 aromatic rings. The average molecular weight is 531 g/mol. The van der Waals surface area contributed by atoms with Crippen molar-refractivity contribution in [1.29, 1.82) is 0 Å². The van der Waals surface area contributed by atoms with Gasteiger partial charge in [0.1, 0.15) is 28.3 Å². The van der Waals surface area contributed by atoms with Gasteiger partial charge in [-0.05, 0) is 81.5 Å². The maximum Gasteiger partial charge on any atom is 0.439 e. The number of ether oxygens (including phenoxy) is 1. The highest BCUT2D eigenvalue weighted by Crippen LogP contribution is 2.36. The number of hydrogen-bond acceptors (Lipinski definition) is 8. The molecule has 6 rings (SSSR count). The van der Waals surface area contributed by atoms with Crippen molar-refractivity contribution < 1.29 is 13.7 Å². The Labute approximate surface area is 221 Å². The average Bonchev–Trinajstić information content (AvgIpc) is 3.55. The molecule has 0 fully saturated rings. The number of aryl methyl sites for hydroxylation is 3. The molecule has 4 aromatic heterocycles. The standard InChI is InChI=1S/C28H23ClN4O5/c1-13-9-18(15(3)36-21-7-8-22(29)31-23(21)27-32-28(35)38-33-27)26-19(10-13)24(34)14(2)25(37-26)17-11-16-5-4-6-20(16)30-12-17/h7-12,15H,4-6H2,1-3H3,(H,32,33,35)/t15-/m1/s1. The Balaban J connectivity index is 1.47. The summed E-state index contributed by atoms with van der Waals surface area (Å²) in [6.45, 7) is 5.53. The summed E-state index contributed by atoms with van der Waals surface area (Å²) in [5.74, 6) is 0.174. The third-order valence-corrected chi connectivity index (χ3v) is 7.01. The molecule has 0 spiro atoms. The smallest absolute Gasteiger partial charge is 0.439 e. The Morgan fingerprint density at radius 1 is 1.13 bits per heavy atom. The molecule has 0 aliphatic heterocycles. The van der Waals surface area contributed by atoms with Crippen molar-refractivity contribution in [2.75, 3.05) is 0 Å². The van der Waals surface area contributed by atoms with E-state index in [2.05, 4.69) is 30.7 Å². The first-order valence-corrected chi connectivity index (χ1v) is 12.6. The van der Waals surface area contributed by atoms with Crippen molar-refractivity contribution >= 4 is 22.6 Å². The van der Waals surface area contributed by atoms with Gasteiger partial charge in [0.15, 0.2) is 11.1 Å². The number of hydrogen-bond donors (Lipinski definition) is 1. The van der Waals surface area contributed by atoms with Gasteiger partial charge in [-0.1, -0.05) is 16.8 Å². The zero-order valence-electron chi connectivity index (χ0n) is 20.9. The fourth-order valence-corrected chi connectivity index (χ4v) is 5.12. The summed E-state index contributed by atoms with van der Waals surface area (Å²) in [7, 11) is 0. The first-order valence-electron chi connectivity index (χ1n) is 12.2. The van der Waals surface area contributed by atoms with Gasteiger partial charge >= 0.3 is 5.76 Å². The molecule has 1 aliphatic carbocycles.